The molecule has 3 aromatic heterocycles. The van der Waals surface area contributed by atoms with Crippen molar-refractivity contribution in [1.29, 1.82) is 0 Å². The molecule has 0 amide bonds. The van der Waals surface area contributed by atoms with E-state index in [1.165, 1.54) is 29.1 Å². The van der Waals surface area contributed by atoms with E-state index in [0.29, 0.717) is 22.3 Å². The number of rotatable bonds is 6. The third kappa shape index (κ3) is 3.86. The van der Waals surface area contributed by atoms with Gasteiger partial charge in [-0.25, -0.2) is 13.8 Å². The maximum atomic E-state index is 14.7. The molecule has 34 heavy (non-hydrogen) atoms. The van der Waals surface area contributed by atoms with Crippen LogP contribution in [0, 0.1) is 11.6 Å². The highest BCUT2D eigenvalue weighted by Gasteiger charge is 2.19. The highest BCUT2D eigenvalue weighted by molar-refractivity contribution is 5.78. The second-order valence-corrected chi connectivity index (χ2v) is 7.95. The minimum atomic E-state index is -0.640. The number of likely N-dealkylation sites (N-methyl/N-ethyl adjacent to an activating group) is 1. The Kier molecular flexibility index (Phi) is 5.46. The van der Waals surface area contributed by atoms with Crippen molar-refractivity contribution in [3.8, 4) is 5.69 Å². The molecule has 0 unspecified atom stereocenters. The van der Waals surface area contributed by atoms with Gasteiger partial charge in [0, 0.05) is 31.1 Å². The summed E-state index contributed by atoms with van der Waals surface area (Å²) in [4.78, 5) is 17.3. The molecule has 0 radical (unpaired) electrons. The number of hydrogen-bond acceptors (Lipinski definition) is 7. The molecule has 9 nitrogen and oxygen atoms in total. The number of halogens is 2. The molecule has 4 aromatic rings. The number of anilines is 1. The van der Waals surface area contributed by atoms with Gasteiger partial charge < -0.3 is 10.7 Å². The first kappa shape index (κ1) is 21.6. The summed E-state index contributed by atoms with van der Waals surface area (Å²) in [7, 11) is 1.86. The maximum Gasteiger partial charge on any atom is 0.266 e. The highest BCUT2D eigenvalue weighted by Crippen LogP contribution is 2.20. The first-order valence-electron chi connectivity index (χ1n) is 10.6. The van der Waals surface area contributed by atoms with E-state index >= 15 is 0 Å². The predicted molar refractivity (Wildman–Crippen MR) is 124 cm³/mol. The van der Waals surface area contributed by atoms with Crippen LogP contribution in [-0.2, 0) is 6.54 Å². The van der Waals surface area contributed by atoms with Gasteiger partial charge in [0.2, 0.25) is 0 Å². The summed E-state index contributed by atoms with van der Waals surface area (Å²) in [5.74, 6) is -0.579. The van der Waals surface area contributed by atoms with E-state index in [0.717, 1.165) is 11.9 Å². The molecule has 1 atom stereocenters. The summed E-state index contributed by atoms with van der Waals surface area (Å²) in [6, 6.07) is 9.40. The van der Waals surface area contributed by atoms with Crippen LogP contribution in [0.1, 0.15) is 12.5 Å². The summed E-state index contributed by atoms with van der Waals surface area (Å²) in [6.45, 7) is 2.10. The second kappa shape index (κ2) is 8.60. The topological polar surface area (TPSA) is 92.0 Å². The molecular formula is C23H22F2N8O. The fourth-order valence-corrected chi connectivity index (χ4v) is 3.95. The Labute approximate surface area is 193 Å². The summed E-state index contributed by atoms with van der Waals surface area (Å²) in [5, 5.41) is 9.57. The van der Waals surface area contributed by atoms with Gasteiger partial charge in [0.25, 0.3) is 5.56 Å². The van der Waals surface area contributed by atoms with Crippen molar-refractivity contribution in [1.82, 2.24) is 35.3 Å². The average Bonchev–Trinajstić information content (AvgIpc) is 3.44. The van der Waals surface area contributed by atoms with Crippen LogP contribution >= 0.6 is 0 Å². The van der Waals surface area contributed by atoms with E-state index < -0.39 is 11.4 Å². The largest absolute Gasteiger partial charge is 0.362 e. The van der Waals surface area contributed by atoms with Crippen LogP contribution in [0.3, 0.4) is 0 Å². The number of hydrazine groups is 2. The molecule has 0 saturated heterocycles. The summed E-state index contributed by atoms with van der Waals surface area (Å²) in [5.41, 5.74) is 7.35. The Bertz CT molecular complexity index is 1460. The quantitative estimate of drug-likeness (QED) is 0.404. The lowest BCUT2D eigenvalue weighted by Gasteiger charge is -2.22. The number of nitrogens with zero attached hydrogens (tertiary/aromatic N) is 5. The van der Waals surface area contributed by atoms with Crippen LogP contribution in [0.25, 0.3) is 16.6 Å². The van der Waals surface area contributed by atoms with Crippen LogP contribution < -0.4 is 21.8 Å². The van der Waals surface area contributed by atoms with Crippen LogP contribution in [0.2, 0.25) is 0 Å². The summed E-state index contributed by atoms with van der Waals surface area (Å²) in [6.07, 6.45) is 5.78. The fraction of sp³-hybridized carbons (Fsp3) is 0.174. The van der Waals surface area contributed by atoms with Crippen molar-refractivity contribution in [2.45, 2.75) is 19.5 Å². The van der Waals surface area contributed by atoms with Gasteiger partial charge >= 0.3 is 0 Å². The maximum absolute atomic E-state index is 14.7. The minimum absolute atomic E-state index is 0.0588. The predicted octanol–water partition coefficient (Wildman–Crippen LogP) is 2.51. The van der Waals surface area contributed by atoms with Gasteiger partial charge in [-0.15, -0.1) is 5.53 Å². The van der Waals surface area contributed by atoms with Gasteiger partial charge in [0.05, 0.1) is 47.3 Å². The zero-order valence-corrected chi connectivity index (χ0v) is 18.5. The molecule has 11 heteroatoms. The standard InChI is InChI=1S/C23H22F2N8O/c1-14(21-12-27-30-31(21)2)29-22-9-20(18(25)11-26-22)32-8-7-19-16(23(32)34)10-28-33(19)13-15-5-3-4-6-17(15)24/h3-12,14,27,30H,13H2,1-2H3,(H,26,29)/t14-/m1/s1. The number of nitrogens with one attached hydrogen (secondary N) is 3. The Morgan fingerprint density at radius 2 is 1.97 bits per heavy atom. The molecule has 1 aromatic carbocycles. The number of fused-ring (bicyclic) bond motifs is 1. The minimum Gasteiger partial charge on any atom is -0.362 e. The van der Waals surface area contributed by atoms with Crippen molar-refractivity contribution in [2.24, 2.45) is 0 Å². The van der Waals surface area contributed by atoms with E-state index in [9.17, 15) is 13.6 Å². The van der Waals surface area contributed by atoms with Crippen molar-refractivity contribution in [3.63, 3.8) is 0 Å². The second-order valence-electron chi connectivity index (χ2n) is 7.95. The number of hydrogen-bond donors (Lipinski definition) is 3. The molecule has 1 aliphatic rings. The monoisotopic (exact) mass is 464 g/mol. The molecular weight excluding hydrogens is 442 g/mol. The molecule has 0 aliphatic carbocycles. The van der Waals surface area contributed by atoms with E-state index in [1.807, 2.05) is 14.0 Å². The summed E-state index contributed by atoms with van der Waals surface area (Å²) < 4.78 is 31.5. The van der Waals surface area contributed by atoms with E-state index in [1.54, 1.807) is 40.2 Å². The van der Waals surface area contributed by atoms with Crippen LogP contribution in [-0.4, -0.2) is 37.4 Å². The Hall–Kier alpha value is -4.25. The van der Waals surface area contributed by atoms with Crippen molar-refractivity contribution in [2.75, 3.05) is 12.4 Å². The molecule has 1 aliphatic heterocycles. The first-order valence-corrected chi connectivity index (χ1v) is 10.6. The molecule has 4 heterocycles. The van der Waals surface area contributed by atoms with Gasteiger partial charge in [-0.05, 0) is 19.1 Å². The average molecular weight is 464 g/mol. The molecule has 0 saturated carbocycles. The Morgan fingerprint density at radius 3 is 2.74 bits per heavy atom. The molecule has 3 N–H and O–H groups in total. The van der Waals surface area contributed by atoms with Crippen molar-refractivity contribution >= 4 is 16.7 Å². The zero-order chi connectivity index (χ0) is 23.8. The highest BCUT2D eigenvalue weighted by atomic mass is 19.1. The SMILES string of the molecule is C[C@@H](Nc1cc(-n2ccc3c(cnn3Cc3ccccc3F)c2=O)c(F)cn1)C1=CNNN1C. The fourth-order valence-electron chi connectivity index (χ4n) is 3.95. The molecule has 0 spiro atoms. The molecule has 0 fully saturated rings. The van der Waals surface area contributed by atoms with Gasteiger partial charge in [0.1, 0.15) is 11.6 Å². The lowest BCUT2D eigenvalue weighted by atomic mass is 10.2. The smallest absolute Gasteiger partial charge is 0.266 e. The van der Waals surface area contributed by atoms with Gasteiger partial charge in [0.15, 0.2) is 5.82 Å². The Morgan fingerprint density at radius 1 is 1.15 bits per heavy atom. The normalized spacial score (nSPS) is 14.2. The molecule has 0 bridgehead atoms. The van der Waals surface area contributed by atoms with E-state index in [2.05, 4.69) is 26.4 Å². The van der Waals surface area contributed by atoms with Gasteiger partial charge in [-0.1, -0.05) is 18.2 Å². The van der Waals surface area contributed by atoms with E-state index in [-0.39, 0.29) is 24.1 Å². The molecule has 5 rings (SSSR count). The lowest BCUT2D eigenvalue weighted by Crippen LogP contribution is -2.37. The van der Waals surface area contributed by atoms with Gasteiger partial charge in [-0.2, -0.15) is 5.10 Å². The van der Waals surface area contributed by atoms with Crippen LogP contribution in [0.15, 0.2) is 71.7 Å². The first-order chi connectivity index (χ1) is 16.4. The third-order valence-electron chi connectivity index (χ3n) is 5.73. The third-order valence-corrected chi connectivity index (χ3v) is 5.73. The van der Waals surface area contributed by atoms with Crippen LogP contribution in [0.5, 0.6) is 0 Å². The molecule has 174 valence electrons. The van der Waals surface area contributed by atoms with E-state index in [4.69, 9.17) is 0 Å². The van der Waals surface area contributed by atoms with Gasteiger partial charge in [-0.3, -0.25) is 19.1 Å². The zero-order valence-electron chi connectivity index (χ0n) is 18.5. The van der Waals surface area contributed by atoms with Crippen molar-refractivity contribution < 1.29 is 8.78 Å². The summed E-state index contributed by atoms with van der Waals surface area (Å²) >= 11 is 0. The number of aromatic nitrogens is 4. The Balaban J connectivity index is 1.47. The lowest BCUT2D eigenvalue weighted by molar-refractivity contribution is 0.296. The number of benzene rings is 1. The van der Waals surface area contributed by atoms with Crippen molar-refractivity contribution in [3.05, 3.63) is 94.4 Å². The number of pyridine rings is 2. The van der Waals surface area contributed by atoms with Crippen LogP contribution in [0.4, 0.5) is 14.6 Å².